The molecule has 0 saturated heterocycles. The van der Waals surface area contributed by atoms with Gasteiger partial charge in [0.2, 0.25) is 11.1 Å². The number of amides is 1. The Morgan fingerprint density at radius 2 is 1.68 bits per heavy atom. The Balaban J connectivity index is 1.40. The molecule has 0 aliphatic carbocycles. The third-order valence-electron chi connectivity index (χ3n) is 4.23. The van der Waals surface area contributed by atoms with Gasteiger partial charge in [0.1, 0.15) is 5.82 Å². The standard InChI is InChI=1S/C22H18FN5OS2/c23-16-12-10-15(11-13-16)21-26-27-22(28(21)24)30-14-20(29)25-18-8-4-5-9-19(18)31-17-6-2-1-3-7-17/h1-13H,14,24H2,(H,25,29). The maximum atomic E-state index is 13.1. The number of aromatic nitrogens is 3. The van der Waals surface area contributed by atoms with Gasteiger partial charge in [-0.25, -0.2) is 9.07 Å². The van der Waals surface area contributed by atoms with Crippen molar-refractivity contribution in [2.24, 2.45) is 0 Å². The van der Waals surface area contributed by atoms with E-state index >= 15 is 0 Å². The number of para-hydroxylation sites is 1. The molecule has 1 heterocycles. The fourth-order valence-electron chi connectivity index (χ4n) is 2.76. The fraction of sp³-hybridized carbons (Fsp3) is 0.0455. The first-order valence-corrected chi connectivity index (χ1v) is 11.1. The number of nitrogen functional groups attached to an aromatic ring is 1. The van der Waals surface area contributed by atoms with E-state index in [9.17, 15) is 9.18 Å². The molecule has 1 aromatic heterocycles. The number of halogens is 1. The summed E-state index contributed by atoms with van der Waals surface area (Å²) in [5.41, 5.74) is 1.38. The Bertz CT molecular complexity index is 1180. The van der Waals surface area contributed by atoms with Crippen molar-refractivity contribution >= 4 is 35.1 Å². The fourth-order valence-corrected chi connectivity index (χ4v) is 4.34. The third-order valence-corrected chi connectivity index (χ3v) is 6.26. The number of hydrogen-bond donors (Lipinski definition) is 2. The average Bonchev–Trinajstić information content (AvgIpc) is 3.15. The summed E-state index contributed by atoms with van der Waals surface area (Å²) in [6.45, 7) is 0. The van der Waals surface area contributed by atoms with E-state index in [0.29, 0.717) is 16.5 Å². The first kappa shape index (κ1) is 21.0. The number of rotatable bonds is 7. The van der Waals surface area contributed by atoms with Gasteiger partial charge in [0.25, 0.3) is 0 Å². The first-order chi connectivity index (χ1) is 15.1. The molecule has 0 fully saturated rings. The zero-order valence-corrected chi connectivity index (χ0v) is 17.9. The van der Waals surface area contributed by atoms with Crippen molar-refractivity contribution in [1.29, 1.82) is 0 Å². The van der Waals surface area contributed by atoms with Gasteiger partial charge in [-0.1, -0.05) is 53.9 Å². The largest absolute Gasteiger partial charge is 0.335 e. The van der Waals surface area contributed by atoms with Crippen molar-refractivity contribution in [2.45, 2.75) is 14.9 Å². The molecule has 6 nitrogen and oxygen atoms in total. The highest BCUT2D eigenvalue weighted by atomic mass is 32.2. The van der Waals surface area contributed by atoms with Crippen molar-refractivity contribution < 1.29 is 9.18 Å². The van der Waals surface area contributed by atoms with Crippen LogP contribution in [0.4, 0.5) is 10.1 Å². The molecule has 0 atom stereocenters. The topological polar surface area (TPSA) is 85.8 Å². The molecule has 0 unspecified atom stereocenters. The van der Waals surface area contributed by atoms with Gasteiger partial charge in [0.05, 0.1) is 11.4 Å². The molecule has 0 radical (unpaired) electrons. The lowest BCUT2D eigenvalue weighted by Gasteiger charge is -2.10. The van der Waals surface area contributed by atoms with E-state index in [1.165, 1.54) is 28.6 Å². The zero-order valence-electron chi connectivity index (χ0n) is 16.2. The van der Waals surface area contributed by atoms with Crippen LogP contribution >= 0.6 is 23.5 Å². The minimum absolute atomic E-state index is 0.114. The minimum atomic E-state index is -0.344. The van der Waals surface area contributed by atoms with Crippen molar-refractivity contribution in [1.82, 2.24) is 14.9 Å². The van der Waals surface area contributed by atoms with E-state index in [0.717, 1.165) is 15.5 Å². The van der Waals surface area contributed by atoms with Crippen molar-refractivity contribution in [3.05, 3.63) is 84.7 Å². The number of nitrogens with one attached hydrogen (secondary N) is 1. The summed E-state index contributed by atoms with van der Waals surface area (Å²) < 4.78 is 14.4. The van der Waals surface area contributed by atoms with Crippen LogP contribution in [0.5, 0.6) is 0 Å². The smallest absolute Gasteiger partial charge is 0.234 e. The SMILES string of the molecule is Nn1c(SCC(=O)Nc2ccccc2Sc2ccccc2)nnc1-c1ccc(F)cc1. The summed E-state index contributed by atoms with van der Waals surface area (Å²) in [6.07, 6.45) is 0. The molecule has 156 valence electrons. The van der Waals surface area contributed by atoms with Crippen LogP contribution in [0.2, 0.25) is 0 Å². The quantitative estimate of drug-likeness (QED) is 0.313. The predicted octanol–water partition coefficient (Wildman–Crippen LogP) is 4.68. The van der Waals surface area contributed by atoms with Gasteiger partial charge in [-0.05, 0) is 48.5 Å². The molecule has 4 aromatic rings. The Morgan fingerprint density at radius 1 is 0.968 bits per heavy atom. The highest BCUT2D eigenvalue weighted by Crippen LogP contribution is 2.33. The Morgan fingerprint density at radius 3 is 2.45 bits per heavy atom. The Kier molecular flexibility index (Phi) is 6.54. The molecule has 0 bridgehead atoms. The number of thioether (sulfide) groups is 1. The second-order valence-corrected chi connectivity index (χ2v) is 8.49. The summed E-state index contributed by atoms with van der Waals surface area (Å²) in [5.74, 6) is 6.05. The highest BCUT2D eigenvalue weighted by molar-refractivity contribution is 8.00. The number of benzene rings is 3. The number of nitrogens with two attached hydrogens (primary N) is 1. The molecule has 0 aliphatic heterocycles. The van der Waals surface area contributed by atoms with E-state index in [-0.39, 0.29) is 17.5 Å². The lowest BCUT2D eigenvalue weighted by Crippen LogP contribution is -2.16. The number of nitrogens with zero attached hydrogens (tertiary/aromatic N) is 3. The van der Waals surface area contributed by atoms with Gasteiger partial charge in [-0.2, -0.15) is 0 Å². The van der Waals surface area contributed by atoms with E-state index in [1.54, 1.807) is 23.9 Å². The lowest BCUT2D eigenvalue weighted by molar-refractivity contribution is -0.113. The van der Waals surface area contributed by atoms with E-state index < -0.39 is 0 Å². The van der Waals surface area contributed by atoms with Gasteiger partial charge in [0.15, 0.2) is 5.82 Å². The molecule has 4 rings (SSSR count). The molecular weight excluding hydrogens is 433 g/mol. The third kappa shape index (κ3) is 5.25. The van der Waals surface area contributed by atoms with Gasteiger partial charge in [-0.3, -0.25) is 4.79 Å². The second kappa shape index (κ2) is 9.67. The van der Waals surface area contributed by atoms with Crippen LogP contribution in [-0.2, 0) is 4.79 Å². The highest BCUT2D eigenvalue weighted by Gasteiger charge is 2.15. The predicted molar refractivity (Wildman–Crippen MR) is 122 cm³/mol. The lowest BCUT2D eigenvalue weighted by atomic mass is 10.2. The van der Waals surface area contributed by atoms with Crippen molar-refractivity contribution in [2.75, 3.05) is 16.9 Å². The van der Waals surface area contributed by atoms with Crippen LogP contribution in [0.15, 0.2) is 93.8 Å². The molecule has 0 saturated carbocycles. The minimum Gasteiger partial charge on any atom is -0.335 e. The first-order valence-electron chi connectivity index (χ1n) is 9.31. The molecule has 0 aliphatic rings. The zero-order chi connectivity index (χ0) is 21.6. The van der Waals surface area contributed by atoms with Crippen LogP contribution in [0, 0.1) is 5.82 Å². The molecule has 9 heteroatoms. The summed E-state index contributed by atoms with van der Waals surface area (Å²) in [5, 5.41) is 11.4. The van der Waals surface area contributed by atoms with Crippen LogP contribution < -0.4 is 11.2 Å². The summed E-state index contributed by atoms with van der Waals surface area (Å²) in [7, 11) is 0. The molecule has 1 amide bonds. The molecule has 31 heavy (non-hydrogen) atoms. The van der Waals surface area contributed by atoms with Gasteiger partial charge >= 0.3 is 0 Å². The Labute approximate surface area is 187 Å². The average molecular weight is 452 g/mol. The Hall–Kier alpha value is -3.30. The summed E-state index contributed by atoms with van der Waals surface area (Å²) in [4.78, 5) is 14.6. The van der Waals surface area contributed by atoms with Crippen LogP contribution in [0.25, 0.3) is 11.4 Å². The van der Waals surface area contributed by atoms with Gasteiger partial charge < -0.3 is 11.2 Å². The van der Waals surface area contributed by atoms with E-state index in [2.05, 4.69) is 15.5 Å². The van der Waals surface area contributed by atoms with Crippen molar-refractivity contribution in [3.8, 4) is 11.4 Å². The maximum absolute atomic E-state index is 13.1. The molecule has 0 spiro atoms. The van der Waals surface area contributed by atoms with E-state index in [4.69, 9.17) is 5.84 Å². The number of hydrogen-bond acceptors (Lipinski definition) is 6. The summed E-state index contributed by atoms with van der Waals surface area (Å²) >= 11 is 2.75. The van der Waals surface area contributed by atoms with Gasteiger partial charge in [-0.15, -0.1) is 10.2 Å². The van der Waals surface area contributed by atoms with Crippen LogP contribution in [0.1, 0.15) is 0 Å². The van der Waals surface area contributed by atoms with Gasteiger partial charge in [0, 0.05) is 15.4 Å². The number of carbonyl (C=O) groups is 1. The second-order valence-electron chi connectivity index (χ2n) is 6.43. The van der Waals surface area contributed by atoms with E-state index in [1.807, 2.05) is 54.6 Å². The number of carbonyl (C=O) groups excluding carboxylic acids is 1. The monoisotopic (exact) mass is 451 g/mol. The molecular formula is C22H18FN5OS2. The van der Waals surface area contributed by atoms with Crippen LogP contribution in [-0.4, -0.2) is 26.5 Å². The molecule has 3 aromatic carbocycles. The van der Waals surface area contributed by atoms with Crippen molar-refractivity contribution in [3.63, 3.8) is 0 Å². The normalized spacial score (nSPS) is 10.7. The maximum Gasteiger partial charge on any atom is 0.234 e. The van der Waals surface area contributed by atoms with Crippen LogP contribution in [0.3, 0.4) is 0 Å². The number of anilines is 1. The summed E-state index contributed by atoms with van der Waals surface area (Å²) in [6, 6.07) is 23.4. The molecule has 3 N–H and O–H groups in total.